The predicted molar refractivity (Wildman–Crippen MR) is 143 cm³/mol. The largest absolute Gasteiger partial charge is 0.497 e. The molecule has 9 heteroatoms. The average Bonchev–Trinajstić information content (AvgIpc) is 3.50. The minimum absolute atomic E-state index is 0.0144. The van der Waals surface area contributed by atoms with Crippen molar-refractivity contribution in [2.75, 3.05) is 14.2 Å². The number of rotatable bonds is 9. The molecule has 3 aromatic rings. The van der Waals surface area contributed by atoms with Crippen LogP contribution >= 0.6 is 23.4 Å². The highest BCUT2D eigenvalue weighted by Gasteiger charge is 2.34. The second-order valence-corrected chi connectivity index (χ2v) is 9.46. The predicted octanol–water partition coefficient (Wildman–Crippen LogP) is 6.93. The van der Waals surface area contributed by atoms with E-state index in [0.717, 1.165) is 12.2 Å². The zero-order chi connectivity index (χ0) is 25.7. The second kappa shape index (κ2) is 11.6. The van der Waals surface area contributed by atoms with Gasteiger partial charge in [-0.15, -0.1) is 0 Å². The van der Waals surface area contributed by atoms with E-state index in [-0.39, 0.29) is 18.6 Å². The Kier molecular flexibility index (Phi) is 8.28. The van der Waals surface area contributed by atoms with Gasteiger partial charge in [-0.2, -0.15) is 0 Å². The van der Waals surface area contributed by atoms with Crippen molar-refractivity contribution in [3.63, 3.8) is 0 Å². The van der Waals surface area contributed by atoms with Crippen molar-refractivity contribution in [2.45, 2.75) is 32.9 Å². The second-order valence-electron chi connectivity index (χ2n) is 8.04. The van der Waals surface area contributed by atoms with Crippen LogP contribution in [0.15, 0.2) is 69.1 Å². The standard InChI is InChI=1S/C27H27ClN2O5S/c1-5-17(2)35-25-22(28)13-18(14-23(25)33-4)15-24-26(31)30(16-21-7-6-12-34-21)27(36-24)29-19-8-10-20(32-3)11-9-19/h6-15,17H,5,16H2,1-4H3/b24-15-,29-27?/t17-/m0/s1. The third-order valence-corrected chi connectivity index (χ3v) is 6.81. The Labute approximate surface area is 219 Å². The zero-order valence-electron chi connectivity index (χ0n) is 20.5. The van der Waals surface area contributed by atoms with E-state index >= 15 is 0 Å². The van der Waals surface area contributed by atoms with Gasteiger partial charge in [0.05, 0.1) is 48.7 Å². The third kappa shape index (κ3) is 5.88. The molecular weight excluding hydrogens is 500 g/mol. The fraction of sp³-hybridized carbons (Fsp3) is 0.259. The van der Waals surface area contributed by atoms with E-state index in [1.807, 2.05) is 44.2 Å². The lowest BCUT2D eigenvalue weighted by Gasteiger charge is -2.17. The van der Waals surface area contributed by atoms with Crippen molar-refractivity contribution in [3.8, 4) is 17.2 Å². The number of halogens is 1. The molecule has 0 N–H and O–H groups in total. The van der Waals surface area contributed by atoms with Crippen LogP contribution in [0.3, 0.4) is 0 Å². The molecule has 1 atom stereocenters. The monoisotopic (exact) mass is 526 g/mol. The Hall–Kier alpha value is -3.36. The summed E-state index contributed by atoms with van der Waals surface area (Å²) in [5.41, 5.74) is 1.42. The smallest absolute Gasteiger partial charge is 0.267 e. The number of nitrogens with zero attached hydrogens (tertiary/aromatic N) is 2. The molecule has 0 spiro atoms. The molecule has 1 aliphatic rings. The number of furan rings is 1. The number of carbonyl (C=O) groups excluding carboxylic acids is 1. The maximum atomic E-state index is 13.4. The van der Waals surface area contributed by atoms with Gasteiger partial charge < -0.3 is 18.6 Å². The lowest BCUT2D eigenvalue weighted by Crippen LogP contribution is -2.28. The number of methoxy groups -OCH3 is 2. The Balaban J connectivity index is 1.68. The molecule has 0 radical (unpaired) electrons. The van der Waals surface area contributed by atoms with Crippen LogP contribution in [0.2, 0.25) is 5.02 Å². The molecule has 2 heterocycles. The molecule has 1 aliphatic heterocycles. The molecule has 188 valence electrons. The van der Waals surface area contributed by atoms with Gasteiger partial charge in [0.25, 0.3) is 5.91 Å². The van der Waals surface area contributed by atoms with Gasteiger partial charge in [-0.1, -0.05) is 18.5 Å². The lowest BCUT2D eigenvalue weighted by atomic mass is 10.1. The molecule has 4 rings (SSSR count). The topological polar surface area (TPSA) is 73.5 Å². The van der Waals surface area contributed by atoms with E-state index in [1.165, 1.54) is 11.8 Å². The number of carbonyl (C=O) groups is 1. The highest BCUT2D eigenvalue weighted by molar-refractivity contribution is 8.18. The molecule has 36 heavy (non-hydrogen) atoms. The van der Waals surface area contributed by atoms with Gasteiger partial charge in [-0.25, -0.2) is 4.99 Å². The summed E-state index contributed by atoms with van der Waals surface area (Å²) >= 11 is 7.82. The first-order valence-corrected chi connectivity index (χ1v) is 12.6. The quantitative estimate of drug-likeness (QED) is 0.281. The van der Waals surface area contributed by atoms with Gasteiger partial charge >= 0.3 is 0 Å². The minimum atomic E-state index is -0.182. The highest BCUT2D eigenvalue weighted by atomic mass is 35.5. The first-order valence-electron chi connectivity index (χ1n) is 11.4. The van der Waals surface area contributed by atoms with Crippen LogP contribution in [0.1, 0.15) is 31.6 Å². The summed E-state index contributed by atoms with van der Waals surface area (Å²) in [6.07, 6.45) is 4.18. The van der Waals surface area contributed by atoms with Crippen LogP contribution in [0, 0.1) is 0 Å². The summed E-state index contributed by atoms with van der Waals surface area (Å²) < 4.78 is 22.2. The first-order chi connectivity index (χ1) is 17.4. The van der Waals surface area contributed by atoms with Gasteiger partial charge in [-0.05, 0) is 85.3 Å². The summed E-state index contributed by atoms with van der Waals surface area (Å²) in [7, 11) is 3.17. The SMILES string of the molecule is CC[C@H](C)Oc1c(Cl)cc(/C=C2\SC(=Nc3ccc(OC)cc3)N(Cc3ccco3)C2=O)cc1OC. The van der Waals surface area contributed by atoms with Crippen LogP contribution < -0.4 is 14.2 Å². The van der Waals surface area contributed by atoms with E-state index in [1.54, 1.807) is 49.7 Å². The van der Waals surface area contributed by atoms with Gasteiger partial charge in [0.2, 0.25) is 0 Å². The summed E-state index contributed by atoms with van der Waals surface area (Å²) in [5, 5.41) is 0.958. The number of hydrogen-bond acceptors (Lipinski definition) is 7. The molecule has 1 saturated heterocycles. The third-order valence-electron chi connectivity index (χ3n) is 5.52. The van der Waals surface area contributed by atoms with Crippen molar-refractivity contribution >= 4 is 46.2 Å². The van der Waals surface area contributed by atoms with Crippen molar-refractivity contribution in [2.24, 2.45) is 4.99 Å². The van der Waals surface area contributed by atoms with Gasteiger partial charge in [0.15, 0.2) is 16.7 Å². The number of amidine groups is 1. The Bertz CT molecular complexity index is 1270. The van der Waals surface area contributed by atoms with E-state index in [9.17, 15) is 4.79 Å². The molecule has 1 aromatic heterocycles. The molecular formula is C27H27ClN2O5S. The number of thioether (sulfide) groups is 1. The fourth-order valence-corrected chi connectivity index (χ4v) is 4.69. The van der Waals surface area contributed by atoms with E-state index in [0.29, 0.717) is 43.6 Å². The van der Waals surface area contributed by atoms with Crippen molar-refractivity contribution in [1.82, 2.24) is 4.90 Å². The van der Waals surface area contributed by atoms with Crippen molar-refractivity contribution in [1.29, 1.82) is 0 Å². The maximum absolute atomic E-state index is 13.4. The summed E-state index contributed by atoms with van der Waals surface area (Å²) in [6, 6.07) is 14.5. The first kappa shape index (κ1) is 25.7. The summed E-state index contributed by atoms with van der Waals surface area (Å²) in [5.74, 6) is 2.20. The number of amides is 1. The van der Waals surface area contributed by atoms with Crippen molar-refractivity contribution in [3.05, 3.63) is 76.0 Å². The summed E-state index contributed by atoms with van der Waals surface area (Å²) in [6.45, 7) is 4.26. The Morgan fingerprint density at radius 3 is 2.58 bits per heavy atom. The Morgan fingerprint density at radius 1 is 1.17 bits per heavy atom. The van der Waals surface area contributed by atoms with Crippen LogP contribution in [-0.2, 0) is 11.3 Å². The van der Waals surface area contributed by atoms with Crippen LogP contribution in [0.5, 0.6) is 17.2 Å². The van der Waals surface area contributed by atoms with Crippen LogP contribution in [-0.4, -0.2) is 36.3 Å². The maximum Gasteiger partial charge on any atom is 0.267 e. The number of benzene rings is 2. The van der Waals surface area contributed by atoms with Crippen LogP contribution in [0.4, 0.5) is 5.69 Å². The normalized spacial score (nSPS) is 16.6. The Morgan fingerprint density at radius 2 is 1.94 bits per heavy atom. The molecule has 0 bridgehead atoms. The minimum Gasteiger partial charge on any atom is -0.497 e. The molecule has 0 saturated carbocycles. The fourth-order valence-electron chi connectivity index (χ4n) is 3.43. The molecule has 2 aromatic carbocycles. The van der Waals surface area contributed by atoms with Gasteiger partial charge in [0, 0.05) is 0 Å². The lowest BCUT2D eigenvalue weighted by molar-refractivity contribution is -0.122. The molecule has 1 fully saturated rings. The molecule has 0 aliphatic carbocycles. The van der Waals surface area contributed by atoms with Gasteiger partial charge in [-0.3, -0.25) is 9.69 Å². The zero-order valence-corrected chi connectivity index (χ0v) is 22.1. The highest BCUT2D eigenvalue weighted by Crippen LogP contribution is 2.40. The average molecular weight is 527 g/mol. The summed E-state index contributed by atoms with van der Waals surface area (Å²) in [4.78, 5) is 20.3. The number of aliphatic imine (C=N–C) groups is 1. The molecule has 0 unspecified atom stereocenters. The van der Waals surface area contributed by atoms with Crippen molar-refractivity contribution < 1.29 is 23.4 Å². The van der Waals surface area contributed by atoms with E-state index in [2.05, 4.69) is 0 Å². The van der Waals surface area contributed by atoms with E-state index < -0.39 is 0 Å². The van der Waals surface area contributed by atoms with E-state index in [4.69, 9.17) is 35.2 Å². The number of ether oxygens (including phenoxy) is 3. The number of hydrogen-bond donors (Lipinski definition) is 0. The molecule has 1 amide bonds. The van der Waals surface area contributed by atoms with Gasteiger partial charge in [0.1, 0.15) is 11.5 Å². The molecule has 7 nitrogen and oxygen atoms in total. The van der Waals surface area contributed by atoms with Crippen LogP contribution in [0.25, 0.3) is 6.08 Å².